The summed E-state index contributed by atoms with van der Waals surface area (Å²) in [6, 6.07) is 14.2. The van der Waals surface area contributed by atoms with E-state index in [-0.39, 0.29) is 23.1 Å². The second-order valence-electron chi connectivity index (χ2n) is 7.50. The lowest BCUT2D eigenvalue weighted by atomic mass is 10.0. The Morgan fingerprint density at radius 3 is 0.941 bits per heavy atom. The quantitative estimate of drug-likeness (QED) is 0.533. The predicted molar refractivity (Wildman–Crippen MR) is 130 cm³/mol. The maximum absolute atomic E-state index is 11.4. The fourth-order valence-corrected chi connectivity index (χ4v) is 2.77. The summed E-state index contributed by atoms with van der Waals surface area (Å²) in [5.74, 6) is 19.7. The zero-order chi connectivity index (χ0) is 25.1. The summed E-state index contributed by atoms with van der Waals surface area (Å²) < 4.78 is 0. The van der Waals surface area contributed by atoms with Crippen LogP contribution < -0.4 is 0 Å². The van der Waals surface area contributed by atoms with Crippen LogP contribution in [-0.4, -0.2) is 23.1 Å². The summed E-state index contributed by atoms with van der Waals surface area (Å²) in [5, 5.41) is 0. The molecule has 0 saturated heterocycles. The molecule has 4 heteroatoms. The Balaban J connectivity index is 2.04. The van der Waals surface area contributed by atoms with Crippen molar-refractivity contribution >= 4 is 23.1 Å². The van der Waals surface area contributed by atoms with Gasteiger partial charge < -0.3 is 0 Å². The van der Waals surface area contributed by atoms with E-state index in [1.54, 1.807) is 48.5 Å². The van der Waals surface area contributed by atoms with E-state index in [9.17, 15) is 19.2 Å². The van der Waals surface area contributed by atoms with E-state index in [1.165, 1.54) is 27.7 Å². The second kappa shape index (κ2) is 12.4. The Hall–Kier alpha value is -4.64. The van der Waals surface area contributed by atoms with Crippen LogP contribution in [0, 0.1) is 59.2 Å². The molecule has 0 bridgehead atoms. The average molecular weight is 447 g/mol. The lowest BCUT2D eigenvalue weighted by Crippen LogP contribution is -2.17. The number of hydrogen-bond donors (Lipinski definition) is 0. The Morgan fingerprint density at radius 2 is 0.706 bits per heavy atom. The number of carbonyl (C=O) groups excluding carboxylic acids is 4. The minimum absolute atomic E-state index is 0.266. The normalized spacial score (nSPS) is 9.24. The highest BCUT2D eigenvalue weighted by Gasteiger charge is 2.16. The minimum atomic E-state index is -0.895. The molecule has 2 aromatic carbocycles. The molecule has 0 atom stereocenters. The molecule has 0 amide bonds. The Morgan fingerprint density at radius 1 is 0.471 bits per heavy atom. The number of Topliss-reactive ketones (excluding diaryl/α,β-unsaturated/α-hetero) is 4. The monoisotopic (exact) mass is 446 g/mol. The van der Waals surface area contributed by atoms with Gasteiger partial charge in [0.2, 0.25) is 0 Å². The number of rotatable bonds is 4. The lowest BCUT2D eigenvalue weighted by Gasteiger charge is -1.99. The first kappa shape index (κ1) is 25.6. The molecule has 2 rings (SSSR count). The van der Waals surface area contributed by atoms with Crippen LogP contribution in [0.4, 0.5) is 0 Å². The van der Waals surface area contributed by atoms with E-state index in [1.807, 2.05) is 0 Å². The van der Waals surface area contributed by atoms with Crippen LogP contribution >= 0.6 is 0 Å². The minimum Gasteiger partial charge on any atom is -0.298 e. The molecule has 34 heavy (non-hydrogen) atoms. The molecule has 2 aromatic rings. The molecule has 0 aromatic heterocycles. The van der Waals surface area contributed by atoms with Crippen LogP contribution in [0.2, 0.25) is 0 Å². The molecule has 0 radical (unpaired) electrons. The topological polar surface area (TPSA) is 68.3 Å². The van der Waals surface area contributed by atoms with Crippen molar-refractivity contribution in [2.24, 2.45) is 11.8 Å². The summed E-state index contributed by atoms with van der Waals surface area (Å²) in [5.41, 5.74) is 2.88. The highest BCUT2D eigenvalue weighted by Crippen LogP contribution is 2.05. The van der Waals surface area contributed by atoms with Gasteiger partial charge in [-0.05, 0) is 88.1 Å². The summed E-state index contributed by atoms with van der Waals surface area (Å²) in [6.07, 6.45) is 0. The third kappa shape index (κ3) is 8.13. The maximum Gasteiger partial charge on any atom is 0.152 e. The Kier molecular flexibility index (Phi) is 9.35. The van der Waals surface area contributed by atoms with E-state index < -0.39 is 11.8 Å². The molecular formula is C30H22O4. The second-order valence-corrected chi connectivity index (χ2v) is 7.50. The van der Waals surface area contributed by atoms with Gasteiger partial charge in [-0.3, -0.25) is 19.2 Å². The molecule has 0 heterocycles. The van der Waals surface area contributed by atoms with E-state index >= 15 is 0 Å². The number of hydrogen-bond acceptors (Lipinski definition) is 4. The standard InChI is InChI=1S/C30H22O4/c1-21(31)29(22(2)32)19-17-27-13-9-25(10-14-27)7-5-6-8-26-11-15-28(16-12-26)18-20-30(23(3)33)24(4)34/h9-16,29-30H,1-4H3. The predicted octanol–water partition coefficient (Wildman–Crippen LogP) is 3.38. The number of benzene rings is 2. The molecule has 0 saturated carbocycles. The van der Waals surface area contributed by atoms with Gasteiger partial charge >= 0.3 is 0 Å². The van der Waals surface area contributed by atoms with Crippen molar-refractivity contribution in [2.75, 3.05) is 0 Å². The Bertz CT molecular complexity index is 1220. The zero-order valence-corrected chi connectivity index (χ0v) is 19.4. The van der Waals surface area contributed by atoms with Gasteiger partial charge in [-0.1, -0.05) is 35.5 Å². The summed E-state index contributed by atoms with van der Waals surface area (Å²) in [6.45, 7) is 5.41. The van der Waals surface area contributed by atoms with E-state index in [0.717, 1.165) is 11.1 Å². The van der Waals surface area contributed by atoms with Gasteiger partial charge in [0.05, 0.1) is 0 Å². The molecular weight excluding hydrogens is 424 g/mol. The highest BCUT2D eigenvalue weighted by molar-refractivity contribution is 6.03. The molecule has 0 fully saturated rings. The van der Waals surface area contributed by atoms with Gasteiger partial charge in [-0.15, -0.1) is 0 Å². The maximum atomic E-state index is 11.4. The van der Waals surface area contributed by atoms with Crippen LogP contribution in [0.15, 0.2) is 48.5 Å². The van der Waals surface area contributed by atoms with Crippen molar-refractivity contribution in [2.45, 2.75) is 27.7 Å². The van der Waals surface area contributed by atoms with Gasteiger partial charge in [0, 0.05) is 22.3 Å². The average Bonchev–Trinajstić information content (AvgIpc) is 2.78. The van der Waals surface area contributed by atoms with Crippen molar-refractivity contribution < 1.29 is 19.2 Å². The van der Waals surface area contributed by atoms with E-state index in [2.05, 4.69) is 47.4 Å². The molecule has 0 aliphatic carbocycles. The summed E-state index contributed by atoms with van der Waals surface area (Å²) in [7, 11) is 0. The fourth-order valence-electron chi connectivity index (χ4n) is 2.77. The summed E-state index contributed by atoms with van der Waals surface area (Å²) >= 11 is 0. The van der Waals surface area contributed by atoms with Crippen molar-refractivity contribution in [1.82, 2.24) is 0 Å². The molecule has 4 nitrogen and oxygen atoms in total. The van der Waals surface area contributed by atoms with Gasteiger partial charge in [0.1, 0.15) is 11.8 Å². The van der Waals surface area contributed by atoms with Gasteiger partial charge in [0.15, 0.2) is 23.1 Å². The summed E-state index contributed by atoms with van der Waals surface area (Å²) in [4.78, 5) is 45.8. The van der Waals surface area contributed by atoms with Gasteiger partial charge in [0.25, 0.3) is 0 Å². The van der Waals surface area contributed by atoms with E-state index in [0.29, 0.717) is 11.1 Å². The van der Waals surface area contributed by atoms with Crippen LogP contribution in [0.25, 0.3) is 0 Å². The first-order valence-corrected chi connectivity index (χ1v) is 10.4. The van der Waals surface area contributed by atoms with Crippen molar-refractivity contribution in [1.29, 1.82) is 0 Å². The van der Waals surface area contributed by atoms with Crippen LogP contribution in [0.1, 0.15) is 49.9 Å². The molecule has 0 unspecified atom stereocenters. The SMILES string of the molecule is CC(=O)C(C#Cc1ccc(C#CC#Cc2ccc(C#CC(C(C)=O)C(C)=O)cc2)cc1)C(C)=O. The first-order valence-electron chi connectivity index (χ1n) is 10.4. The van der Waals surface area contributed by atoms with Gasteiger partial charge in [-0.25, -0.2) is 0 Å². The van der Waals surface area contributed by atoms with Crippen molar-refractivity contribution in [3.05, 3.63) is 70.8 Å². The zero-order valence-electron chi connectivity index (χ0n) is 19.4. The molecule has 0 N–H and O–H groups in total. The molecule has 166 valence electrons. The van der Waals surface area contributed by atoms with Crippen LogP contribution in [-0.2, 0) is 19.2 Å². The number of carbonyl (C=O) groups is 4. The molecule has 0 spiro atoms. The third-order valence-electron chi connectivity index (χ3n) is 4.59. The fraction of sp³-hybridized carbons (Fsp3) is 0.200. The van der Waals surface area contributed by atoms with Crippen LogP contribution in [0.3, 0.4) is 0 Å². The highest BCUT2D eigenvalue weighted by atomic mass is 16.2. The third-order valence-corrected chi connectivity index (χ3v) is 4.59. The largest absolute Gasteiger partial charge is 0.298 e. The lowest BCUT2D eigenvalue weighted by molar-refractivity contribution is -0.129. The van der Waals surface area contributed by atoms with Gasteiger partial charge in [-0.2, -0.15) is 0 Å². The first-order chi connectivity index (χ1) is 16.2. The van der Waals surface area contributed by atoms with Crippen molar-refractivity contribution in [3.63, 3.8) is 0 Å². The molecule has 0 aliphatic heterocycles. The number of ketones is 4. The van der Waals surface area contributed by atoms with Crippen LogP contribution in [0.5, 0.6) is 0 Å². The molecule has 0 aliphatic rings. The smallest absolute Gasteiger partial charge is 0.152 e. The van der Waals surface area contributed by atoms with E-state index in [4.69, 9.17) is 0 Å². The Labute approximate surface area is 200 Å². The van der Waals surface area contributed by atoms with Crippen molar-refractivity contribution in [3.8, 4) is 47.4 Å².